The number of nitrogens with one attached hydrogen (secondary N) is 1. The normalized spacial score (nSPS) is 15.2. The molecule has 5 heteroatoms. The number of anilines is 2. The SMILES string of the molecule is NN1CC(=O)Nc2ccc(F)cc21. The fourth-order valence-corrected chi connectivity index (χ4v) is 1.28. The molecule has 1 heterocycles. The summed E-state index contributed by atoms with van der Waals surface area (Å²) in [5.41, 5.74) is 1.04. The molecule has 0 unspecified atom stereocenters. The minimum Gasteiger partial charge on any atom is -0.323 e. The average Bonchev–Trinajstić information content (AvgIpc) is 2.06. The molecule has 0 radical (unpaired) electrons. The summed E-state index contributed by atoms with van der Waals surface area (Å²) in [6.07, 6.45) is 0. The number of hydrazine groups is 1. The summed E-state index contributed by atoms with van der Waals surface area (Å²) >= 11 is 0. The molecular weight excluding hydrogens is 173 g/mol. The van der Waals surface area contributed by atoms with Crippen molar-refractivity contribution in [2.24, 2.45) is 5.84 Å². The van der Waals surface area contributed by atoms with Crippen LogP contribution in [0.5, 0.6) is 0 Å². The number of hydrogen-bond acceptors (Lipinski definition) is 3. The van der Waals surface area contributed by atoms with E-state index in [1.165, 1.54) is 23.2 Å². The Morgan fingerprint density at radius 3 is 3.08 bits per heavy atom. The van der Waals surface area contributed by atoms with Crippen LogP contribution in [0.15, 0.2) is 18.2 Å². The van der Waals surface area contributed by atoms with E-state index in [1.54, 1.807) is 0 Å². The van der Waals surface area contributed by atoms with Crippen molar-refractivity contribution >= 4 is 17.3 Å². The highest BCUT2D eigenvalue weighted by Gasteiger charge is 2.19. The number of carbonyl (C=O) groups excluding carboxylic acids is 1. The summed E-state index contributed by atoms with van der Waals surface area (Å²) in [6, 6.07) is 4.05. The first-order valence-corrected chi connectivity index (χ1v) is 3.78. The standard InChI is InChI=1S/C8H8FN3O/c9-5-1-2-6-7(3-5)12(10)4-8(13)11-6/h1-3H,4,10H2,(H,11,13). The number of amides is 1. The smallest absolute Gasteiger partial charge is 0.245 e. The van der Waals surface area contributed by atoms with E-state index in [1.807, 2.05) is 0 Å². The first-order chi connectivity index (χ1) is 6.16. The Bertz CT molecular complexity index is 366. The molecule has 2 rings (SSSR count). The third-order valence-electron chi connectivity index (χ3n) is 1.86. The number of fused-ring (bicyclic) bond motifs is 1. The van der Waals surface area contributed by atoms with Crippen LogP contribution in [0.4, 0.5) is 15.8 Å². The van der Waals surface area contributed by atoms with Crippen LogP contribution in [0.25, 0.3) is 0 Å². The van der Waals surface area contributed by atoms with Gasteiger partial charge in [-0.3, -0.25) is 9.80 Å². The van der Waals surface area contributed by atoms with Crippen LogP contribution in [0.2, 0.25) is 0 Å². The van der Waals surface area contributed by atoms with Crippen molar-refractivity contribution in [2.75, 3.05) is 16.9 Å². The molecular formula is C8H8FN3O. The predicted molar refractivity (Wildman–Crippen MR) is 46.6 cm³/mol. The zero-order valence-corrected chi connectivity index (χ0v) is 6.75. The molecule has 0 saturated carbocycles. The maximum absolute atomic E-state index is 12.8. The fourth-order valence-electron chi connectivity index (χ4n) is 1.28. The molecule has 1 aliphatic heterocycles. The molecule has 0 aliphatic carbocycles. The second-order valence-corrected chi connectivity index (χ2v) is 2.84. The van der Waals surface area contributed by atoms with Gasteiger partial charge in [0, 0.05) is 6.07 Å². The molecule has 4 nitrogen and oxygen atoms in total. The lowest BCUT2D eigenvalue weighted by molar-refractivity contribution is -0.115. The van der Waals surface area contributed by atoms with Crippen molar-refractivity contribution in [1.29, 1.82) is 0 Å². The summed E-state index contributed by atoms with van der Waals surface area (Å²) in [5, 5.41) is 3.81. The average molecular weight is 181 g/mol. The number of benzene rings is 1. The Morgan fingerprint density at radius 1 is 1.54 bits per heavy atom. The summed E-state index contributed by atoms with van der Waals surface area (Å²) in [4.78, 5) is 11.0. The molecule has 1 aromatic carbocycles. The molecule has 1 aliphatic rings. The lowest BCUT2D eigenvalue weighted by Gasteiger charge is -2.26. The monoisotopic (exact) mass is 181 g/mol. The highest BCUT2D eigenvalue weighted by atomic mass is 19.1. The fraction of sp³-hybridized carbons (Fsp3) is 0.125. The molecule has 3 N–H and O–H groups in total. The number of halogens is 1. The van der Waals surface area contributed by atoms with E-state index in [4.69, 9.17) is 5.84 Å². The van der Waals surface area contributed by atoms with E-state index in [2.05, 4.69) is 5.32 Å². The molecule has 0 fully saturated rings. The minimum atomic E-state index is -0.370. The number of rotatable bonds is 0. The van der Waals surface area contributed by atoms with Gasteiger partial charge in [0.05, 0.1) is 11.4 Å². The van der Waals surface area contributed by atoms with Gasteiger partial charge in [-0.2, -0.15) is 0 Å². The minimum absolute atomic E-state index is 0.0520. The van der Waals surface area contributed by atoms with Crippen LogP contribution < -0.4 is 16.2 Å². The van der Waals surface area contributed by atoms with Gasteiger partial charge >= 0.3 is 0 Å². The van der Waals surface area contributed by atoms with Gasteiger partial charge in [0.25, 0.3) is 0 Å². The molecule has 0 bridgehead atoms. The molecule has 13 heavy (non-hydrogen) atoms. The number of hydrogen-bond donors (Lipinski definition) is 2. The third kappa shape index (κ3) is 1.33. The molecule has 0 aromatic heterocycles. The number of nitrogens with zero attached hydrogens (tertiary/aromatic N) is 1. The number of carbonyl (C=O) groups is 1. The largest absolute Gasteiger partial charge is 0.323 e. The Morgan fingerprint density at radius 2 is 2.31 bits per heavy atom. The van der Waals surface area contributed by atoms with E-state index in [0.717, 1.165) is 0 Å². The molecule has 1 amide bonds. The van der Waals surface area contributed by atoms with Gasteiger partial charge in [-0.1, -0.05) is 0 Å². The Labute approximate surface area is 74.1 Å². The summed E-state index contributed by atoms with van der Waals surface area (Å²) in [7, 11) is 0. The second-order valence-electron chi connectivity index (χ2n) is 2.84. The van der Waals surface area contributed by atoms with E-state index in [0.29, 0.717) is 11.4 Å². The maximum atomic E-state index is 12.8. The van der Waals surface area contributed by atoms with E-state index < -0.39 is 0 Å². The van der Waals surface area contributed by atoms with Gasteiger partial charge in [0.1, 0.15) is 12.4 Å². The van der Waals surface area contributed by atoms with Crippen molar-refractivity contribution in [3.05, 3.63) is 24.0 Å². The first-order valence-electron chi connectivity index (χ1n) is 3.78. The van der Waals surface area contributed by atoms with Crippen LogP contribution in [0.1, 0.15) is 0 Å². The first kappa shape index (κ1) is 8.00. The topological polar surface area (TPSA) is 58.4 Å². The molecule has 0 saturated heterocycles. The van der Waals surface area contributed by atoms with Crippen molar-refractivity contribution < 1.29 is 9.18 Å². The van der Waals surface area contributed by atoms with Crippen LogP contribution in [0.3, 0.4) is 0 Å². The van der Waals surface area contributed by atoms with Crippen LogP contribution in [-0.2, 0) is 4.79 Å². The third-order valence-corrected chi connectivity index (χ3v) is 1.86. The summed E-state index contributed by atoms with van der Waals surface area (Å²) < 4.78 is 12.8. The molecule has 1 aromatic rings. The lowest BCUT2D eigenvalue weighted by atomic mass is 10.2. The summed E-state index contributed by atoms with van der Waals surface area (Å²) in [6.45, 7) is 0.0520. The van der Waals surface area contributed by atoms with Crippen molar-refractivity contribution in [2.45, 2.75) is 0 Å². The van der Waals surface area contributed by atoms with Gasteiger partial charge in [0.15, 0.2) is 0 Å². The number of nitrogens with two attached hydrogens (primary N) is 1. The van der Waals surface area contributed by atoms with Crippen LogP contribution in [0, 0.1) is 5.82 Å². The molecule has 0 atom stereocenters. The van der Waals surface area contributed by atoms with Gasteiger partial charge < -0.3 is 5.32 Å². The van der Waals surface area contributed by atoms with E-state index in [-0.39, 0.29) is 18.3 Å². The van der Waals surface area contributed by atoms with E-state index >= 15 is 0 Å². The summed E-state index contributed by atoms with van der Waals surface area (Å²) in [5.74, 6) is 4.95. The quantitative estimate of drug-likeness (QED) is 0.571. The Balaban J connectivity index is 2.49. The Kier molecular flexibility index (Phi) is 1.66. The highest BCUT2D eigenvalue weighted by molar-refractivity contribution is 6.00. The van der Waals surface area contributed by atoms with Gasteiger partial charge in [0.2, 0.25) is 5.91 Å². The van der Waals surface area contributed by atoms with Crippen molar-refractivity contribution in [3.8, 4) is 0 Å². The maximum Gasteiger partial charge on any atom is 0.245 e. The predicted octanol–water partition coefficient (Wildman–Crippen LogP) is 0.458. The van der Waals surface area contributed by atoms with Crippen LogP contribution >= 0.6 is 0 Å². The zero-order chi connectivity index (χ0) is 9.42. The van der Waals surface area contributed by atoms with Gasteiger partial charge in [-0.25, -0.2) is 10.2 Å². The van der Waals surface area contributed by atoms with Gasteiger partial charge in [-0.05, 0) is 12.1 Å². The highest BCUT2D eigenvalue weighted by Crippen LogP contribution is 2.27. The zero-order valence-electron chi connectivity index (χ0n) is 6.75. The van der Waals surface area contributed by atoms with Crippen LogP contribution in [-0.4, -0.2) is 12.5 Å². The van der Waals surface area contributed by atoms with Crippen molar-refractivity contribution in [3.63, 3.8) is 0 Å². The van der Waals surface area contributed by atoms with Gasteiger partial charge in [-0.15, -0.1) is 0 Å². The molecule has 68 valence electrons. The molecule has 0 spiro atoms. The lowest BCUT2D eigenvalue weighted by Crippen LogP contribution is -2.42. The second kappa shape index (κ2) is 2.70. The van der Waals surface area contributed by atoms with E-state index in [9.17, 15) is 9.18 Å². The van der Waals surface area contributed by atoms with Crippen molar-refractivity contribution in [1.82, 2.24) is 0 Å². The Hall–Kier alpha value is -1.62.